The summed E-state index contributed by atoms with van der Waals surface area (Å²) in [4.78, 5) is 0. The summed E-state index contributed by atoms with van der Waals surface area (Å²) in [7, 11) is 0. The monoisotopic (exact) mass is 237 g/mol. The number of rotatable bonds is 5. The molecule has 0 spiro atoms. The Balaban J connectivity index is 2.18. The van der Waals surface area contributed by atoms with E-state index < -0.39 is 0 Å². The molecular weight excluding hydrogens is 218 g/mol. The van der Waals surface area contributed by atoms with Gasteiger partial charge in [0.25, 0.3) is 0 Å². The Morgan fingerprint density at radius 2 is 2.19 bits per heavy atom. The maximum absolute atomic E-state index is 6.18. The highest BCUT2D eigenvalue weighted by Gasteiger charge is 2.26. The van der Waals surface area contributed by atoms with E-state index in [1.807, 2.05) is 6.07 Å². The zero-order valence-electron chi connectivity index (χ0n) is 10.1. The van der Waals surface area contributed by atoms with Crippen molar-refractivity contribution in [2.24, 2.45) is 5.92 Å². The van der Waals surface area contributed by atoms with Crippen LogP contribution >= 0.6 is 11.6 Å². The molecule has 1 aromatic carbocycles. The summed E-state index contributed by atoms with van der Waals surface area (Å²) in [6.07, 6.45) is 4.07. The molecule has 0 amide bonds. The van der Waals surface area contributed by atoms with Gasteiger partial charge in [-0.2, -0.15) is 0 Å². The molecule has 1 aliphatic carbocycles. The molecule has 1 N–H and O–H groups in total. The first-order valence-corrected chi connectivity index (χ1v) is 6.58. The van der Waals surface area contributed by atoms with Crippen molar-refractivity contribution in [3.63, 3.8) is 0 Å². The van der Waals surface area contributed by atoms with Crippen LogP contribution in [0.4, 0.5) is 0 Å². The predicted octanol–water partition coefficient (Wildman–Crippen LogP) is 4.10. The van der Waals surface area contributed by atoms with Crippen molar-refractivity contribution in [2.45, 2.75) is 39.2 Å². The highest BCUT2D eigenvalue weighted by molar-refractivity contribution is 6.31. The van der Waals surface area contributed by atoms with Gasteiger partial charge in [-0.05, 0) is 43.0 Å². The summed E-state index contributed by atoms with van der Waals surface area (Å²) in [6.45, 7) is 5.30. The molecule has 1 nitrogen and oxygen atoms in total. The van der Waals surface area contributed by atoms with Crippen molar-refractivity contribution in [3.8, 4) is 0 Å². The lowest BCUT2D eigenvalue weighted by Gasteiger charge is -2.20. The first-order valence-electron chi connectivity index (χ1n) is 6.20. The molecule has 1 fully saturated rings. The molecule has 1 aromatic rings. The number of nitrogens with one attached hydrogen (secondary N) is 1. The van der Waals surface area contributed by atoms with Gasteiger partial charge in [0.2, 0.25) is 0 Å². The third-order valence-electron chi connectivity index (χ3n) is 3.40. The van der Waals surface area contributed by atoms with Gasteiger partial charge >= 0.3 is 0 Å². The lowest BCUT2D eigenvalue weighted by molar-refractivity contribution is 0.485. The highest BCUT2D eigenvalue weighted by Crippen LogP contribution is 2.38. The maximum Gasteiger partial charge on any atom is 0.0438 e. The van der Waals surface area contributed by atoms with Gasteiger partial charge in [0.05, 0.1) is 0 Å². The molecule has 1 unspecified atom stereocenters. The molecule has 1 atom stereocenters. The average Bonchev–Trinajstić information content (AvgIpc) is 3.06. The van der Waals surface area contributed by atoms with Gasteiger partial charge in [-0.1, -0.05) is 43.5 Å². The normalized spacial score (nSPS) is 17.4. The Morgan fingerprint density at radius 3 is 2.81 bits per heavy atom. The lowest BCUT2D eigenvalue weighted by atomic mass is 9.97. The summed E-state index contributed by atoms with van der Waals surface area (Å²) in [5, 5.41) is 4.47. The van der Waals surface area contributed by atoms with Crippen molar-refractivity contribution in [2.75, 3.05) is 6.54 Å². The van der Waals surface area contributed by atoms with E-state index in [0.29, 0.717) is 6.04 Å². The van der Waals surface area contributed by atoms with E-state index in [9.17, 15) is 0 Å². The minimum atomic E-state index is 0.483. The van der Waals surface area contributed by atoms with Gasteiger partial charge in [-0.15, -0.1) is 0 Å². The fourth-order valence-electron chi connectivity index (χ4n) is 2.26. The molecule has 1 saturated carbocycles. The van der Waals surface area contributed by atoms with Crippen LogP contribution in [0.1, 0.15) is 43.4 Å². The summed E-state index contributed by atoms with van der Waals surface area (Å²) in [5.74, 6) is 0.933. The Bertz CT molecular complexity index is 358. The molecule has 0 aliphatic heterocycles. The largest absolute Gasteiger partial charge is 0.310 e. The van der Waals surface area contributed by atoms with Crippen LogP contribution in [-0.2, 0) is 0 Å². The molecule has 2 rings (SSSR count). The van der Waals surface area contributed by atoms with Crippen LogP contribution in [0.15, 0.2) is 18.2 Å². The van der Waals surface area contributed by atoms with Gasteiger partial charge in [-0.3, -0.25) is 0 Å². The summed E-state index contributed by atoms with van der Waals surface area (Å²) in [5.41, 5.74) is 2.61. The Labute approximate surface area is 103 Å². The molecule has 0 heterocycles. The molecule has 0 aromatic heterocycles. The van der Waals surface area contributed by atoms with E-state index >= 15 is 0 Å². The van der Waals surface area contributed by atoms with E-state index in [4.69, 9.17) is 11.6 Å². The van der Waals surface area contributed by atoms with E-state index in [2.05, 4.69) is 31.3 Å². The molecule has 0 saturated heterocycles. The van der Waals surface area contributed by atoms with Crippen LogP contribution in [0, 0.1) is 12.8 Å². The standard InChI is InChI=1S/C14H20ClN/c1-3-16-14(9-11-7-8-11)12-5-4-6-13(15)10(12)2/h4-6,11,14,16H,3,7-9H2,1-2H3. The molecule has 0 radical (unpaired) electrons. The minimum absolute atomic E-state index is 0.483. The van der Waals surface area contributed by atoms with Gasteiger partial charge < -0.3 is 5.32 Å². The highest BCUT2D eigenvalue weighted by atomic mass is 35.5. The topological polar surface area (TPSA) is 12.0 Å². The van der Waals surface area contributed by atoms with Crippen LogP contribution < -0.4 is 5.32 Å². The molecule has 2 heteroatoms. The maximum atomic E-state index is 6.18. The number of halogens is 1. The summed E-state index contributed by atoms with van der Waals surface area (Å²) < 4.78 is 0. The third kappa shape index (κ3) is 2.78. The molecule has 1 aliphatic rings. The fraction of sp³-hybridized carbons (Fsp3) is 0.571. The molecule has 16 heavy (non-hydrogen) atoms. The van der Waals surface area contributed by atoms with Crippen molar-refractivity contribution >= 4 is 11.6 Å². The van der Waals surface area contributed by atoms with E-state index in [1.165, 1.54) is 30.4 Å². The third-order valence-corrected chi connectivity index (χ3v) is 3.81. The van der Waals surface area contributed by atoms with Gasteiger partial charge in [0.15, 0.2) is 0 Å². The quantitative estimate of drug-likeness (QED) is 0.813. The van der Waals surface area contributed by atoms with Gasteiger partial charge in [-0.25, -0.2) is 0 Å². The second-order valence-electron chi connectivity index (χ2n) is 4.74. The zero-order valence-corrected chi connectivity index (χ0v) is 10.8. The Hall–Kier alpha value is -0.530. The second-order valence-corrected chi connectivity index (χ2v) is 5.15. The average molecular weight is 238 g/mol. The zero-order chi connectivity index (χ0) is 11.5. The fourth-order valence-corrected chi connectivity index (χ4v) is 2.44. The van der Waals surface area contributed by atoms with E-state index in [1.54, 1.807) is 0 Å². The molecule has 0 bridgehead atoms. The Morgan fingerprint density at radius 1 is 1.44 bits per heavy atom. The second kappa shape index (κ2) is 5.20. The van der Waals surface area contributed by atoms with E-state index in [0.717, 1.165) is 17.5 Å². The first kappa shape index (κ1) is 11.9. The lowest BCUT2D eigenvalue weighted by Crippen LogP contribution is -2.22. The van der Waals surface area contributed by atoms with Crippen LogP contribution in [0.3, 0.4) is 0 Å². The first-order chi connectivity index (χ1) is 7.72. The Kier molecular flexibility index (Phi) is 3.88. The number of hydrogen-bond donors (Lipinski definition) is 1. The van der Waals surface area contributed by atoms with Crippen molar-refractivity contribution < 1.29 is 0 Å². The van der Waals surface area contributed by atoms with Gasteiger partial charge in [0.1, 0.15) is 0 Å². The van der Waals surface area contributed by atoms with Crippen molar-refractivity contribution in [3.05, 3.63) is 34.3 Å². The smallest absolute Gasteiger partial charge is 0.0438 e. The SMILES string of the molecule is CCNC(CC1CC1)c1cccc(Cl)c1C. The van der Waals surface area contributed by atoms with Crippen LogP contribution in [0.2, 0.25) is 5.02 Å². The molecular formula is C14H20ClN. The number of hydrogen-bond acceptors (Lipinski definition) is 1. The minimum Gasteiger partial charge on any atom is -0.310 e. The predicted molar refractivity (Wildman–Crippen MR) is 69.9 cm³/mol. The van der Waals surface area contributed by atoms with E-state index in [-0.39, 0.29) is 0 Å². The van der Waals surface area contributed by atoms with Crippen molar-refractivity contribution in [1.29, 1.82) is 0 Å². The van der Waals surface area contributed by atoms with Crippen LogP contribution in [-0.4, -0.2) is 6.54 Å². The van der Waals surface area contributed by atoms with Crippen LogP contribution in [0.25, 0.3) is 0 Å². The number of benzene rings is 1. The van der Waals surface area contributed by atoms with Crippen molar-refractivity contribution in [1.82, 2.24) is 5.32 Å². The van der Waals surface area contributed by atoms with Gasteiger partial charge in [0, 0.05) is 11.1 Å². The summed E-state index contributed by atoms with van der Waals surface area (Å²) >= 11 is 6.18. The summed E-state index contributed by atoms with van der Waals surface area (Å²) in [6, 6.07) is 6.72. The van der Waals surface area contributed by atoms with Crippen LogP contribution in [0.5, 0.6) is 0 Å². The molecule has 88 valence electrons.